The van der Waals surface area contributed by atoms with Gasteiger partial charge in [0.1, 0.15) is 17.1 Å². The SMILES string of the molecule is COc1ccc(S(=O)(=O)N[C@H]2CC(C)(C)Oc3ccc(C)cc32)cc1N1CCCC1=O. The fourth-order valence-corrected chi connectivity index (χ4v) is 5.52. The molecule has 2 aromatic rings. The molecule has 0 aliphatic carbocycles. The Morgan fingerprint density at radius 1 is 1.19 bits per heavy atom. The molecule has 8 heteroatoms. The number of fused-ring (bicyclic) bond motifs is 1. The highest BCUT2D eigenvalue weighted by molar-refractivity contribution is 7.89. The molecule has 0 radical (unpaired) electrons. The lowest BCUT2D eigenvalue weighted by Gasteiger charge is -2.38. The first-order valence-corrected chi connectivity index (χ1v) is 11.9. The monoisotopic (exact) mass is 444 g/mol. The molecule has 1 saturated heterocycles. The van der Waals surface area contributed by atoms with Gasteiger partial charge in [0.2, 0.25) is 15.9 Å². The van der Waals surface area contributed by atoms with Crippen molar-refractivity contribution in [2.24, 2.45) is 0 Å². The van der Waals surface area contributed by atoms with Crippen LogP contribution in [0.1, 0.15) is 50.3 Å². The van der Waals surface area contributed by atoms with Crippen LogP contribution >= 0.6 is 0 Å². The van der Waals surface area contributed by atoms with E-state index >= 15 is 0 Å². The van der Waals surface area contributed by atoms with E-state index in [-0.39, 0.29) is 10.8 Å². The normalized spacial score (nSPS) is 20.3. The van der Waals surface area contributed by atoms with Crippen LogP contribution in [0.5, 0.6) is 11.5 Å². The quantitative estimate of drug-likeness (QED) is 0.760. The molecule has 0 saturated carbocycles. The molecular weight excluding hydrogens is 416 g/mol. The van der Waals surface area contributed by atoms with Gasteiger partial charge >= 0.3 is 0 Å². The molecule has 7 nitrogen and oxygen atoms in total. The van der Waals surface area contributed by atoms with Crippen LogP contribution < -0.4 is 19.1 Å². The number of carbonyl (C=O) groups is 1. The maximum atomic E-state index is 13.4. The highest BCUT2D eigenvalue weighted by Gasteiger charge is 2.36. The third kappa shape index (κ3) is 4.27. The summed E-state index contributed by atoms with van der Waals surface area (Å²) in [6, 6.07) is 9.99. The van der Waals surface area contributed by atoms with E-state index in [1.807, 2.05) is 39.0 Å². The van der Waals surface area contributed by atoms with E-state index in [4.69, 9.17) is 9.47 Å². The van der Waals surface area contributed by atoms with E-state index in [0.29, 0.717) is 36.6 Å². The average Bonchev–Trinajstić information content (AvgIpc) is 3.13. The van der Waals surface area contributed by atoms with Gasteiger partial charge in [-0.3, -0.25) is 4.79 Å². The first-order chi connectivity index (χ1) is 14.6. The average molecular weight is 445 g/mol. The smallest absolute Gasteiger partial charge is 0.241 e. The first kappa shape index (κ1) is 21.6. The topological polar surface area (TPSA) is 84.9 Å². The predicted octanol–water partition coefficient (Wildman–Crippen LogP) is 3.71. The van der Waals surface area contributed by atoms with Crippen molar-refractivity contribution in [3.8, 4) is 11.5 Å². The summed E-state index contributed by atoms with van der Waals surface area (Å²) in [4.78, 5) is 13.9. The molecular formula is C23H28N2O5S. The first-order valence-electron chi connectivity index (χ1n) is 10.4. The lowest BCUT2D eigenvalue weighted by atomic mass is 9.89. The zero-order chi connectivity index (χ0) is 22.4. The second-order valence-electron chi connectivity index (χ2n) is 8.76. The van der Waals surface area contributed by atoms with E-state index in [0.717, 1.165) is 17.5 Å². The third-order valence-electron chi connectivity index (χ3n) is 5.74. The van der Waals surface area contributed by atoms with Crippen molar-refractivity contribution in [2.45, 2.75) is 56.6 Å². The van der Waals surface area contributed by atoms with Crippen molar-refractivity contribution in [3.63, 3.8) is 0 Å². The van der Waals surface area contributed by atoms with Gasteiger partial charge in [-0.05, 0) is 51.5 Å². The molecule has 0 bridgehead atoms. The van der Waals surface area contributed by atoms with Crippen molar-refractivity contribution in [2.75, 3.05) is 18.6 Å². The molecule has 0 aromatic heterocycles. The molecule has 2 aromatic carbocycles. The van der Waals surface area contributed by atoms with Gasteiger partial charge in [-0.15, -0.1) is 0 Å². The Labute approximate surface area is 183 Å². The number of hydrogen-bond donors (Lipinski definition) is 1. The highest BCUT2D eigenvalue weighted by atomic mass is 32.2. The van der Waals surface area contributed by atoms with Gasteiger partial charge in [-0.1, -0.05) is 17.7 Å². The summed E-state index contributed by atoms with van der Waals surface area (Å²) in [5, 5.41) is 0. The number of rotatable bonds is 5. The van der Waals surface area contributed by atoms with Crippen LogP contribution in [0.25, 0.3) is 0 Å². The van der Waals surface area contributed by atoms with Crippen LogP contribution in [0.3, 0.4) is 0 Å². The summed E-state index contributed by atoms with van der Waals surface area (Å²) >= 11 is 0. The van der Waals surface area contributed by atoms with E-state index in [9.17, 15) is 13.2 Å². The number of benzene rings is 2. The van der Waals surface area contributed by atoms with Crippen molar-refractivity contribution in [1.82, 2.24) is 4.72 Å². The Kier molecular flexibility index (Phi) is 5.47. The van der Waals surface area contributed by atoms with Crippen LogP contribution in [-0.2, 0) is 14.8 Å². The predicted molar refractivity (Wildman–Crippen MR) is 118 cm³/mol. The molecule has 1 N–H and O–H groups in total. The van der Waals surface area contributed by atoms with Crippen LogP contribution in [0.4, 0.5) is 5.69 Å². The molecule has 2 aliphatic rings. The zero-order valence-corrected chi connectivity index (χ0v) is 19.1. The van der Waals surface area contributed by atoms with Crippen LogP contribution in [0.2, 0.25) is 0 Å². The fourth-order valence-electron chi connectivity index (χ4n) is 4.29. The maximum absolute atomic E-state index is 13.4. The molecule has 31 heavy (non-hydrogen) atoms. The van der Waals surface area contributed by atoms with Crippen LogP contribution in [-0.4, -0.2) is 33.6 Å². The number of nitrogens with one attached hydrogen (secondary N) is 1. The Morgan fingerprint density at radius 2 is 1.97 bits per heavy atom. The van der Waals surface area contributed by atoms with Crippen molar-refractivity contribution >= 4 is 21.6 Å². The second-order valence-corrected chi connectivity index (χ2v) is 10.5. The summed E-state index contributed by atoms with van der Waals surface area (Å²) in [5.74, 6) is 1.13. The van der Waals surface area contributed by atoms with E-state index < -0.39 is 21.7 Å². The lowest BCUT2D eigenvalue weighted by Crippen LogP contribution is -2.41. The third-order valence-corrected chi connectivity index (χ3v) is 7.21. The summed E-state index contributed by atoms with van der Waals surface area (Å²) in [6.45, 7) is 6.41. The van der Waals surface area contributed by atoms with Gasteiger partial charge in [0, 0.05) is 24.9 Å². The number of aryl methyl sites for hydroxylation is 1. The fraction of sp³-hybridized carbons (Fsp3) is 0.435. The molecule has 0 spiro atoms. The summed E-state index contributed by atoms with van der Waals surface area (Å²) in [7, 11) is -2.35. The largest absolute Gasteiger partial charge is 0.495 e. The minimum absolute atomic E-state index is 0.0311. The highest BCUT2D eigenvalue weighted by Crippen LogP contribution is 2.41. The number of methoxy groups -OCH3 is 1. The molecule has 2 aliphatic heterocycles. The van der Waals surface area contributed by atoms with E-state index in [2.05, 4.69) is 4.72 Å². The number of hydrogen-bond acceptors (Lipinski definition) is 5. The number of ether oxygens (including phenoxy) is 2. The Morgan fingerprint density at radius 3 is 2.65 bits per heavy atom. The number of nitrogens with zero attached hydrogens (tertiary/aromatic N) is 1. The second kappa shape index (κ2) is 7.84. The molecule has 166 valence electrons. The Hall–Kier alpha value is -2.58. The molecule has 2 heterocycles. The van der Waals surface area contributed by atoms with Gasteiger partial charge in [0.25, 0.3) is 0 Å². The minimum atomic E-state index is -3.86. The molecule has 1 fully saturated rings. The van der Waals surface area contributed by atoms with Gasteiger partial charge < -0.3 is 14.4 Å². The molecule has 1 atom stereocenters. The Balaban J connectivity index is 1.70. The molecule has 1 amide bonds. The van der Waals surface area contributed by atoms with Crippen molar-refractivity contribution in [1.29, 1.82) is 0 Å². The standard InChI is InChI=1S/C23H28N2O5S/c1-15-7-9-20-17(12-15)18(14-23(2,3)30-20)24-31(27,28)16-8-10-21(29-4)19(13-16)25-11-5-6-22(25)26/h7-10,12-13,18,24H,5-6,11,14H2,1-4H3/t18-/m0/s1. The van der Waals surface area contributed by atoms with Crippen molar-refractivity contribution in [3.05, 3.63) is 47.5 Å². The van der Waals surface area contributed by atoms with Gasteiger partial charge in [-0.25, -0.2) is 13.1 Å². The summed E-state index contributed by atoms with van der Waals surface area (Å²) in [6.07, 6.45) is 1.69. The number of sulfonamides is 1. The van der Waals surface area contributed by atoms with Gasteiger partial charge in [-0.2, -0.15) is 0 Å². The van der Waals surface area contributed by atoms with Gasteiger partial charge in [0.05, 0.1) is 23.7 Å². The number of anilines is 1. The Bertz CT molecular complexity index is 1130. The molecule has 4 rings (SSSR count). The van der Waals surface area contributed by atoms with Crippen LogP contribution in [0.15, 0.2) is 41.3 Å². The summed E-state index contributed by atoms with van der Waals surface area (Å²) < 4.78 is 41.0. The molecule has 0 unspecified atom stereocenters. The van der Waals surface area contributed by atoms with E-state index in [1.165, 1.54) is 19.2 Å². The van der Waals surface area contributed by atoms with Gasteiger partial charge in [0.15, 0.2) is 0 Å². The van der Waals surface area contributed by atoms with E-state index in [1.54, 1.807) is 11.0 Å². The minimum Gasteiger partial charge on any atom is -0.495 e. The van der Waals surface area contributed by atoms with Crippen LogP contribution in [0, 0.1) is 6.92 Å². The number of carbonyl (C=O) groups excluding carboxylic acids is 1. The summed E-state index contributed by atoms with van der Waals surface area (Å²) in [5.41, 5.74) is 1.83. The lowest BCUT2D eigenvalue weighted by molar-refractivity contribution is -0.117. The maximum Gasteiger partial charge on any atom is 0.241 e. The zero-order valence-electron chi connectivity index (χ0n) is 18.3. The number of amides is 1. The van der Waals surface area contributed by atoms with Crippen molar-refractivity contribution < 1.29 is 22.7 Å².